The van der Waals surface area contributed by atoms with Gasteiger partial charge < -0.3 is 30.0 Å². The minimum absolute atomic E-state index is 0.142. The number of carbonyl (C=O) groups excluding carboxylic acids is 3. The Bertz CT molecular complexity index is 1620. The first-order chi connectivity index (χ1) is 23.3. The van der Waals surface area contributed by atoms with Gasteiger partial charge in [-0.25, -0.2) is 9.59 Å². The van der Waals surface area contributed by atoms with Gasteiger partial charge in [-0.15, -0.1) is 0 Å². The fourth-order valence-corrected chi connectivity index (χ4v) is 4.72. The van der Waals surface area contributed by atoms with Gasteiger partial charge in [-0.3, -0.25) is 9.59 Å². The summed E-state index contributed by atoms with van der Waals surface area (Å²) < 4.78 is 16.6. The molecule has 0 aliphatic heterocycles. The van der Waals surface area contributed by atoms with Gasteiger partial charge in [0.2, 0.25) is 5.91 Å². The first-order valence-electron chi connectivity index (χ1n) is 15.9. The molecule has 1 unspecified atom stereocenters. The van der Waals surface area contributed by atoms with E-state index in [9.17, 15) is 24.3 Å². The van der Waals surface area contributed by atoms with Crippen molar-refractivity contribution in [2.45, 2.75) is 51.7 Å². The average molecular weight is 653 g/mol. The van der Waals surface area contributed by atoms with Crippen LogP contribution in [0.1, 0.15) is 76.9 Å². The predicted molar refractivity (Wildman–Crippen MR) is 181 cm³/mol. The fraction of sp³-hybridized carbons (Fsp3) is 0.263. The summed E-state index contributed by atoms with van der Waals surface area (Å²) in [4.78, 5) is 49.8. The Labute approximate surface area is 280 Å². The summed E-state index contributed by atoms with van der Waals surface area (Å²) in [6.07, 6.45) is 5.72. The van der Waals surface area contributed by atoms with Crippen LogP contribution in [0.5, 0.6) is 11.5 Å². The number of nitrogens with one attached hydrogen (secondary N) is 2. The summed E-state index contributed by atoms with van der Waals surface area (Å²) in [6, 6.07) is 26.7. The molecular weight excluding hydrogens is 612 g/mol. The van der Waals surface area contributed by atoms with Crippen molar-refractivity contribution in [3.05, 3.63) is 125 Å². The van der Waals surface area contributed by atoms with Crippen molar-refractivity contribution in [2.24, 2.45) is 0 Å². The molecule has 1 atom stereocenters. The number of carbonyl (C=O) groups is 4. The lowest BCUT2D eigenvalue weighted by atomic mass is 10.1. The molecule has 10 nitrogen and oxygen atoms in total. The normalized spacial score (nSPS) is 11.3. The van der Waals surface area contributed by atoms with E-state index < -0.39 is 23.9 Å². The van der Waals surface area contributed by atoms with Gasteiger partial charge in [-0.05, 0) is 78.2 Å². The standard InChI is InChI=1S/C38H40N2O8/c1-2-3-4-5-9-24-47-32-20-16-30(17-21-32)38(45)48-33-22-14-28(15-23-33)35(37(43)44)40-36(42)29-12-18-31(19-13-29)39-34(41)26-46-25-27-10-7-6-8-11-27/h6-8,10-23,35H,2-5,9,24-26H2,1H3,(H,39,41)(H,40,42)(H,43,44). The van der Waals surface area contributed by atoms with Crippen LogP contribution in [0, 0.1) is 0 Å². The maximum absolute atomic E-state index is 12.9. The van der Waals surface area contributed by atoms with Crippen molar-refractivity contribution in [1.82, 2.24) is 5.32 Å². The molecule has 4 rings (SSSR count). The van der Waals surface area contributed by atoms with Gasteiger partial charge in [0.1, 0.15) is 18.1 Å². The number of anilines is 1. The molecule has 3 N–H and O–H groups in total. The topological polar surface area (TPSA) is 140 Å². The maximum Gasteiger partial charge on any atom is 0.343 e. The molecule has 10 heteroatoms. The van der Waals surface area contributed by atoms with Gasteiger partial charge in [0.05, 0.1) is 18.8 Å². The molecule has 4 aromatic carbocycles. The maximum atomic E-state index is 12.9. The highest BCUT2D eigenvalue weighted by Crippen LogP contribution is 2.21. The van der Waals surface area contributed by atoms with Crippen LogP contribution in [0.2, 0.25) is 0 Å². The van der Waals surface area contributed by atoms with Crippen LogP contribution in [0.25, 0.3) is 0 Å². The van der Waals surface area contributed by atoms with Crippen molar-refractivity contribution >= 4 is 29.4 Å². The van der Waals surface area contributed by atoms with Crippen LogP contribution >= 0.6 is 0 Å². The Hall–Kier alpha value is -5.48. The van der Waals surface area contributed by atoms with Crippen LogP contribution in [-0.2, 0) is 20.9 Å². The van der Waals surface area contributed by atoms with E-state index in [0.29, 0.717) is 30.2 Å². The lowest BCUT2D eigenvalue weighted by Gasteiger charge is -2.16. The Balaban J connectivity index is 1.25. The second-order valence-electron chi connectivity index (χ2n) is 11.1. The average Bonchev–Trinajstić information content (AvgIpc) is 3.10. The van der Waals surface area contributed by atoms with E-state index in [1.54, 1.807) is 36.4 Å². The molecule has 48 heavy (non-hydrogen) atoms. The van der Waals surface area contributed by atoms with Gasteiger partial charge in [-0.1, -0.05) is 75.1 Å². The zero-order valence-electron chi connectivity index (χ0n) is 26.9. The van der Waals surface area contributed by atoms with Crippen LogP contribution in [0.15, 0.2) is 103 Å². The number of carboxylic acid groups (broad SMARTS) is 1. The number of rotatable bonds is 18. The van der Waals surface area contributed by atoms with Crippen molar-refractivity contribution < 1.29 is 38.5 Å². The summed E-state index contributed by atoms with van der Waals surface area (Å²) in [5.74, 6) is -1.92. The molecule has 0 radical (unpaired) electrons. The third kappa shape index (κ3) is 11.4. The number of amides is 2. The highest BCUT2D eigenvalue weighted by Gasteiger charge is 2.23. The summed E-state index contributed by atoms with van der Waals surface area (Å²) in [5.41, 5.74) is 2.23. The minimum Gasteiger partial charge on any atom is -0.494 e. The Kier molecular flexibility index (Phi) is 13.7. The summed E-state index contributed by atoms with van der Waals surface area (Å²) >= 11 is 0. The summed E-state index contributed by atoms with van der Waals surface area (Å²) in [6.45, 7) is 2.96. The molecule has 0 fully saturated rings. The number of hydrogen-bond donors (Lipinski definition) is 3. The number of ether oxygens (including phenoxy) is 3. The lowest BCUT2D eigenvalue weighted by molar-refractivity contribution is -0.139. The molecule has 0 heterocycles. The summed E-state index contributed by atoms with van der Waals surface area (Å²) in [7, 11) is 0. The number of hydrogen-bond acceptors (Lipinski definition) is 7. The second kappa shape index (κ2) is 18.6. The van der Waals surface area contributed by atoms with Crippen LogP contribution in [0.4, 0.5) is 5.69 Å². The van der Waals surface area contributed by atoms with E-state index >= 15 is 0 Å². The zero-order chi connectivity index (χ0) is 34.1. The molecule has 250 valence electrons. The fourth-order valence-electron chi connectivity index (χ4n) is 4.72. The van der Waals surface area contributed by atoms with Gasteiger partial charge in [-0.2, -0.15) is 0 Å². The van der Waals surface area contributed by atoms with Gasteiger partial charge in [0.15, 0.2) is 6.04 Å². The monoisotopic (exact) mass is 652 g/mol. The lowest BCUT2D eigenvalue weighted by Crippen LogP contribution is -2.33. The van der Waals surface area contributed by atoms with Gasteiger partial charge in [0.25, 0.3) is 5.91 Å². The smallest absolute Gasteiger partial charge is 0.343 e. The third-order valence-corrected chi connectivity index (χ3v) is 7.33. The van der Waals surface area contributed by atoms with Crippen molar-refractivity contribution in [1.29, 1.82) is 0 Å². The summed E-state index contributed by atoms with van der Waals surface area (Å²) in [5, 5.41) is 15.0. The van der Waals surface area contributed by atoms with Crippen LogP contribution in [0.3, 0.4) is 0 Å². The van der Waals surface area contributed by atoms with Crippen LogP contribution in [-0.4, -0.2) is 42.1 Å². The number of esters is 1. The van der Waals surface area contributed by atoms with E-state index in [-0.39, 0.29) is 29.4 Å². The quantitative estimate of drug-likeness (QED) is 0.0595. The number of aliphatic carboxylic acids is 1. The Morgan fingerprint density at radius 2 is 1.38 bits per heavy atom. The van der Waals surface area contributed by atoms with E-state index in [2.05, 4.69) is 17.6 Å². The number of benzene rings is 4. The molecule has 0 saturated carbocycles. The molecule has 0 aromatic heterocycles. The zero-order valence-corrected chi connectivity index (χ0v) is 26.9. The first kappa shape index (κ1) is 35.4. The Morgan fingerprint density at radius 3 is 2.04 bits per heavy atom. The van der Waals surface area contributed by atoms with E-state index in [1.165, 1.54) is 55.7 Å². The largest absolute Gasteiger partial charge is 0.494 e. The minimum atomic E-state index is -1.36. The molecule has 2 amide bonds. The third-order valence-electron chi connectivity index (χ3n) is 7.33. The SMILES string of the molecule is CCCCCCCOc1ccc(C(=O)Oc2ccc(C(NC(=O)c3ccc(NC(=O)COCc4ccccc4)cc3)C(=O)O)cc2)cc1. The van der Waals surface area contributed by atoms with E-state index in [1.807, 2.05) is 30.3 Å². The highest BCUT2D eigenvalue weighted by atomic mass is 16.5. The van der Waals surface area contributed by atoms with Crippen molar-refractivity contribution in [3.8, 4) is 11.5 Å². The predicted octanol–water partition coefficient (Wildman–Crippen LogP) is 6.97. The second-order valence-corrected chi connectivity index (χ2v) is 11.1. The van der Waals surface area contributed by atoms with E-state index in [4.69, 9.17) is 14.2 Å². The molecule has 0 aliphatic rings. The van der Waals surface area contributed by atoms with Gasteiger partial charge >= 0.3 is 11.9 Å². The Morgan fingerprint density at radius 1 is 0.729 bits per heavy atom. The molecule has 0 bridgehead atoms. The molecule has 0 aliphatic carbocycles. The van der Waals surface area contributed by atoms with E-state index in [0.717, 1.165) is 18.4 Å². The van der Waals surface area contributed by atoms with Crippen molar-refractivity contribution in [2.75, 3.05) is 18.5 Å². The molecular formula is C38H40N2O8. The number of carboxylic acids is 1. The molecule has 0 spiro atoms. The molecule has 0 saturated heterocycles. The molecule has 4 aromatic rings. The van der Waals surface area contributed by atoms with Gasteiger partial charge in [0, 0.05) is 11.3 Å². The first-order valence-corrected chi connectivity index (χ1v) is 15.9. The van der Waals surface area contributed by atoms with Crippen LogP contribution < -0.4 is 20.1 Å². The highest BCUT2D eigenvalue weighted by molar-refractivity contribution is 5.98. The van der Waals surface area contributed by atoms with Crippen molar-refractivity contribution in [3.63, 3.8) is 0 Å². The number of unbranched alkanes of at least 4 members (excludes halogenated alkanes) is 4.